The Morgan fingerprint density at radius 1 is 1.31 bits per heavy atom. The standard InChI is InChI=1S/C11H18OP/c1-5-10-7-6-8-11(9-10)13(3,4)12-2/h6-9H,5H2,1-4H3/q+1. The fourth-order valence-corrected chi connectivity index (χ4v) is 2.35. The monoisotopic (exact) mass is 197 g/mol. The largest absolute Gasteiger partial charge is 0.236 e. The normalized spacial score (nSPS) is 11.7. The van der Waals surface area contributed by atoms with Crippen LogP contribution < -0.4 is 5.30 Å². The van der Waals surface area contributed by atoms with Crippen molar-refractivity contribution in [3.63, 3.8) is 0 Å². The Labute approximate surface area is 81.5 Å². The molecule has 1 aromatic carbocycles. The minimum absolute atomic E-state index is 1.09. The molecule has 0 atom stereocenters. The molecule has 0 aliphatic carbocycles. The zero-order valence-electron chi connectivity index (χ0n) is 8.87. The minimum atomic E-state index is -1.32. The quantitative estimate of drug-likeness (QED) is 0.677. The summed E-state index contributed by atoms with van der Waals surface area (Å²) in [5.41, 5.74) is 1.39. The zero-order valence-corrected chi connectivity index (χ0v) is 9.77. The molecule has 0 aromatic heterocycles. The van der Waals surface area contributed by atoms with Crippen LogP contribution in [0.25, 0.3) is 0 Å². The lowest BCUT2D eigenvalue weighted by Crippen LogP contribution is -2.10. The highest BCUT2D eigenvalue weighted by molar-refractivity contribution is 7.77. The first-order valence-electron chi connectivity index (χ1n) is 4.59. The fourth-order valence-electron chi connectivity index (χ4n) is 1.22. The van der Waals surface area contributed by atoms with E-state index >= 15 is 0 Å². The van der Waals surface area contributed by atoms with Gasteiger partial charge in [0.25, 0.3) is 0 Å². The predicted molar refractivity (Wildman–Crippen MR) is 61.2 cm³/mol. The average molecular weight is 197 g/mol. The van der Waals surface area contributed by atoms with Crippen molar-refractivity contribution in [1.82, 2.24) is 0 Å². The summed E-state index contributed by atoms with van der Waals surface area (Å²) < 4.78 is 5.53. The highest BCUT2D eigenvalue weighted by Gasteiger charge is 2.28. The van der Waals surface area contributed by atoms with Gasteiger partial charge in [-0.05, 0) is 24.1 Å². The van der Waals surface area contributed by atoms with Crippen molar-refractivity contribution in [3.05, 3.63) is 29.8 Å². The second-order valence-electron chi connectivity index (χ2n) is 3.56. The molecule has 72 valence electrons. The van der Waals surface area contributed by atoms with Crippen LogP contribution in [0.3, 0.4) is 0 Å². The Hall–Kier alpha value is -0.390. The number of hydrogen-bond donors (Lipinski definition) is 0. The van der Waals surface area contributed by atoms with Crippen molar-refractivity contribution in [2.45, 2.75) is 13.3 Å². The molecule has 1 rings (SSSR count). The van der Waals surface area contributed by atoms with Crippen molar-refractivity contribution in [3.8, 4) is 0 Å². The molecule has 0 amide bonds. The van der Waals surface area contributed by atoms with Crippen molar-refractivity contribution in [1.29, 1.82) is 0 Å². The number of aryl methyl sites for hydroxylation is 1. The van der Waals surface area contributed by atoms with Gasteiger partial charge in [-0.1, -0.05) is 19.1 Å². The van der Waals surface area contributed by atoms with Crippen LogP contribution in [-0.4, -0.2) is 20.4 Å². The van der Waals surface area contributed by atoms with Gasteiger partial charge < -0.3 is 0 Å². The first-order chi connectivity index (χ1) is 6.10. The van der Waals surface area contributed by atoms with Gasteiger partial charge in [-0.3, -0.25) is 0 Å². The maximum absolute atomic E-state index is 5.53. The molecule has 0 spiro atoms. The van der Waals surface area contributed by atoms with E-state index in [2.05, 4.69) is 44.5 Å². The zero-order chi connectivity index (χ0) is 9.90. The predicted octanol–water partition coefficient (Wildman–Crippen LogP) is 2.71. The lowest BCUT2D eigenvalue weighted by Gasteiger charge is -2.14. The fraction of sp³-hybridized carbons (Fsp3) is 0.455. The Bertz CT molecular complexity index is 281. The Morgan fingerprint density at radius 2 is 2.00 bits per heavy atom. The molecule has 0 radical (unpaired) electrons. The third kappa shape index (κ3) is 2.52. The van der Waals surface area contributed by atoms with E-state index in [1.54, 1.807) is 7.11 Å². The second-order valence-corrected chi connectivity index (χ2v) is 7.14. The molecule has 1 aromatic rings. The molecule has 0 saturated heterocycles. The molecular formula is C11H18OP+. The van der Waals surface area contributed by atoms with Gasteiger partial charge >= 0.3 is 0 Å². The lowest BCUT2D eigenvalue weighted by molar-refractivity contribution is 0.459. The molecule has 0 heterocycles. The Balaban J connectivity index is 3.01. The molecule has 2 heteroatoms. The van der Waals surface area contributed by atoms with Gasteiger partial charge in [0.15, 0.2) is 7.49 Å². The van der Waals surface area contributed by atoms with Gasteiger partial charge in [-0.15, -0.1) is 0 Å². The van der Waals surface area contributed by atoms with Gasteiger partial charge in [-0.2, -0.15) is 0 Å². The molecular weight excluding hydrogens is 179 g/mol. The molecule has 0 N–H and O–H groups in total. The maximum atomic E-state index is 5.53. The summed E-state index contributed by atoms with van der Waals surface area (Å²) in [5, 5.41) is 1.36. The van der Waals surface area contributed by atoms with Gasteiger partial charge in [0.1, 0.15) is 5.30 Å². The van der Waals surface area contributed by atoms with Gasteiger partial charge in [0.05, 0.1) is 20.4 Å². The smallest absolute Gasteiger partial charge is 0.171 e. The van der Waals surface area contributed by atoms with E-state index < -0.39 is 7.49 Å². The molecule has 13 heavy (non-hydrogen) atoms. The molecule has 0 aliphatic heterocycles. The first-order valence-corrected chi connectivity index (χ1v) is 7.19. The maximum Gasteiger partial charge on any atom is 0.171 e. The lowest BCUT2D eigenvalue weighted by atomic mass is 10.2. The summed E-state index contributed by atoms with van der Waals surface area (Å²) in [6.45, 7) is 6.57. The third-order valence-electron chi connectivity index (χ3n) is 2.40. The molecule has 0 bridgehead atoms. The summed E-state index contributed by atoms with van der Waals surface area (Å²) >= 11 is 0. The van der Waals surface area contributed by atoms with Crippen LogP contribution >= 0.6 is 7.49 Å². The molecule has 0 unspecified atom stereocenters. The summed E-state index contributed by atoms with van der Waals surface area (Å²) in [6, 6.07) is 8.71. The summed E-state index contributed by atoms with van der Waals surface area (Å²) in [7, 11) is 0.482. The van der Waals surface area contributed by atoms with E-state index in [-0.39, 0.29) is 0 Å². The summed E-state index contributed by atoms with van der Waals surface area (Å²) in [6.07, 6.45) is 1.09. The highest BCUT2D eigenvalue weighted by Crippen LogP contribution is 2.49. The molecule has 0 aliphatic rings. The minimum Gasteiger partial charge on any atom is -0.236 e. The van der Waals surface area contributed by atoms with E-state index in [9.17, 15) is 0 Å². The molecule has 1 nitrogen and oxygen atoms in total. The van der Waals surface area contributed by atoms with Crippen molar-refractivity contribution < 1.29 is 4.52 Å². The molecule has 0 saturated carbocycles. The van der Waals surface area contributed by atoms with Crippen molar-refractivity contribution >= 4 is 12.8 Å². The van der Waals surface area contributed by atoms with Gasteiger partial charge in [0, 0.05) is 0 Å². The van der Waals surface area contributed by atoms with Crippen LogP contribution in [0.15, 0.2) is 24.3 Å². The van der Waals surface area contributed by atoms with Crippen molar-refractivity contribution in [2.24, 2.45) is 0 Å². The van der Waals surface area contributed by atoms with Crippen molar-refractivity contribution in [2.75, 3.05) is 20.4 Å². The van der Waals surface area contributed by atoms with Crippen LogP contribution in [0.4, 0.5) is 0 Å². The van der Waals surface area contributed by atoms with E-state index in [0.717, 1.165) is 6.42 Å². The molecule has 0 fully saturated rings. The number of benzene rings is 1. The van der Waals surface area contributed by atoms with E-state index in [4.69, 9.17) is 4.52 Å². The summed E-state index contributed by atoms with van der Waals surface area (Å²) in [4.78, 5) is 0. The third-order valence-corrected chi connectivity index (χ3v) is 4.83. The topological polar surface area (TPSA) is 9.23 Å². The SMILES string of the molecule is CCc1cccc([P+](C)(C)OC)c1. The number of rotatable bonds is 3. The van der Waals surface area contributed by atoms with Crippen LogP contribution in [-0.2, 0) is 10.9 Å². The Morgan fingerprint density at radius 3 is 2.54 bits per heavy atom. The van der Waals surface area contributed by atoms with Crippen LogP contribution in [0.1, 0.15) is 12.5 Å². The highest BCUT2D eigenvalue weighted by atomic mass is 31.2. The van der Waals surface area contributed by atoms with Crippen LogP contribution in [0, 0.1) is 0 Å². The Kier molecular flexibility index (Phi) is 3.47. The second kappa shape index (κ2) is 4.21. The van der Waals surface area contributed by atoms with Gasteiger partial charge in [0.2, 0.25) is 0 Å². The number of hydrogen-bond acceptors (Lipinski definition) is 1. The summed E-state index contributed by atoms with van der Waals surface area (Å²) in [5.74, 6) is 0. The van der Waals surface area contributed by atoms with E-state index in [1.807, 2.05) is 0 Å². The van der Waals surface area contributed by atoms with Crippen LogP contribution in [0.2, 0.25) is 0 Å². The van der Waals surface area contributed by atoms with E-state index in [0.29, 0.717) is 0 Å². The van der Waals surface area contributed by atoms with E-state index in [1.165, 1.54) is 10.9 Å². The van der Waals surface area contributed by atoms with Crippen LogP contribution in [0.5, 0.6) is 0 Å². The van der Waals surface area contributed by atoms with Gasteiger partial charge in [-0.25, -0.2) is 4.52 Å². The first kappa shape index (κ1) is 10.7. The average Bonchev–Trinajstić information content (AvgIpc) is 2.18.